The Morgan fingerprint density at radius 2 is 1.71 bits per heavy atom. The lowest BCUT2D eigenvalue weighted by atomic mass is 10.1. The van der Waals surface area contributed by atoms with Gasteiger partial charge in [-0.25, -0.2) is 0 Å². The molecule has 7 nitrogen and oxygen atoms in total. The normalized spacial score (nSPS) is 16.6. The zero-order chi connectivity index (χ0) is 23.3. The molecule has 1 aliphatic heterocycles. The van der Waals surface area contributed by atoms with Crippen LogP contribution in [-0.2, 0) is 9.53 Å². The summed E-state index contributed by atoms with van der Waals surface area (Å²) in [7, 11) is 1.61. The number of amides is 1. The average Bonchev–Trinajstić information content (AvgIpc) is 3.17. The number of H-pyrrole nitrogens is 1. The number of nitrogens with one attached hydrogen (secondary N) is 1. The summed E-state index contributed by atoms with van der Waals surface area (Å²) in [6.45, 7) is 1.90. The van der Waals surface area contributed by atoms with E-state index in [9.17, 15) is 4.79 Å². The summed E-state index contributed by atoms with van der Waals surface area (Å²) >= 11 is 0. The number of benzene rings is 3. The van der Waals surface area contributed by atoms with Crippen LogP contribution in [0.2, 0.25) is 0 Å². The van der Waals surface area contributed by atoms with E-state index in [0.29, 0.717) is 44.2 Å². The summed E-state index contributed by atoms with van der Waals surface area (Å²) < 4.78 is 23.2. The SMILES string of the molecule is COc1ccccc1OCCN1CCC(COc2cccc3[nH]c4ccccc4c23)OCC1=O. The zero-order valence-corrected chi connectivity index (χ0v) is 19.2. The first-order chi connectivity index (χ1) is 16.7. The van der Waals surface area contributed by atoms with Crippen molar-refractivity contribution in [3.8, 4) is 17.2 Å². The molecule has 1 saturated heterocycles. The second-order valence-electron chi connectivity index (χ2n) is 8.26. The van der Waals surface area contributed by atoms with E-state index in [1.165, 1.54) is 0 Å². The van der Waals surface area contributed by atoms with Crippen molar-refractivity contribution in [1.82, 2.24) is 9.88 Å². The fourth-order valence-corrected chi connectivity index (χ4v) is 4.33. The average molecular weight is 461 g/mol. The summed E-state index contributed by atoms with van der Waals surface area (Å²) in [5.74, 6) is 2.12. The first-order valence-electron chi connectivity index (χ1n) is 11.5. The number of hydrogen-bond donors (Lipinski definition) is 1. The third kappa shape index (κ3) is 4.65. The highest BCUT2D eigenvalue weighted by Gasteiger charge is 2.24. The molecule has 0 radical (unpaired) electrons. The smallest absolute Gasteiger partial charge is 0.248 e. The van der Waals surface area contributed by atoms with Gasteiger partial charge < -0.3 is 28.8 Å². The lowest BCUT2D eigenvalue weighted by Gasteiger charge is -2.20. The van der Waals surface area contributed by atoms with Gasteiger partial charge in [-0.2, -0.15) is 0 Å². The van der Waals surface area contributed by atoms with Gasteiger partial charge in [0.05, 0.1) is 25.3 Å². The molecular formula is C27H28N2O5. The molecule has 34 heavy (non-hydrogen) atoms. The van der Waals surface area contributed by atoms with Gasteiger partial charge >= 0.3 is 0 Å². The van der Waals surface area contributed by atoms with Crippen LogP contribution in [0.25, 0.3) is 21.8 Å². The molecule has 1 aliphatic rings. The van der Waals surface area contributed by atoms with Gasteiger partial charge in [-0.05, 0) is 36.8 Å². The maximum absolute atomic E-state index is 12.6. The van der Waals surface area contributed by atoms with Crippen LogP contribution < -0.4 is 14.2 Å². The molecule has 0 spiro atoms. The van der Waals surface area contributed by atoms with Crippen LogP contribution in [0.3, 0.4) is 0 Å². The van der Waals surface area contributed by atoms with Crippen molar-refractivity contribution in [3.05, 3.63) is 66.7 Å². The molecule has 0 bridgehead atoms. The van der Waals surface area contributed by atoms with Crippen molar-refractivity contribution in [2.75, 3.05) is 40.0 Å². The molecule has 0 aliphatic carbocycles. The van der Waals surface area contributed by atoms with E-state index in [1.807, 2.05) is 54.6 Å². The number of carbonyl (C=O) groups is 1. The first kappa shape index (κ1) is 22.1. The lowest BCUT2D eigenvalue weighted by Crippen LogP contribution is -2.36. The number of nitrogens with zero attached hydrogens (tertiary/aromatic N) is 1. The Kier molecular flexibility index (Phi) is 6.53. The molecule has 3 aromatic carbocycles. The standard InChI is InChI=1S/C27H28N2O5/c1-31-23-10-4-5-11-24(23)32-16-15-29-14-13-19(33-18-26(29)30)17-34-25-12-6-9-22-27(25)20-7-2-3-8-21(20)28-22/h2-12,19,28H,13-18H2,1H3. The third-order valence-electron chi connectivity index (χ3n) is 6.12. The Balaban J connectivity index is 1.18. The lowest BCUT2D eigenvalue weighted by molar-refractivity contribution is -0.135. The van der Waals surface area contributed by atoms with Crippen LogP contribution in [0.1, 0.15) is 6.42 Å². The first-order valence-corrected chi connectivity index (χ1v) is 11.5. The Labute approximate surface area is 198 Å². The topological polar surface area (TPSA) is 73.0 Å². The fourth-order valence-electron chi connectivity index (χ4n) is 4.33. The van der Waals surface area contributed by atoms with E-state index in [1.54, 1.807) is 12.0 Å². The Bertz CT molecular complexity index is 1280. The van der Waals surface area contributed by atoms with Crippen molar-refractivity contribution in [3.63, 3.8) is 0 Å². The summed E-state index contributed by atoms with van der Waals surface area (Å²) in [5, 5.41) is 2.20. The molecule has 1 unspecified atom stereocenters. The number of hydrogen-bond acceptors (Lipinski definition) is 5. The van der Waals surface area contributed by atoms with Gasteiger partial charge in [-0.1, -0.05) is 36.4 Å². The number of fused-ring (bicyclic) bond motifs is 3. The van der Waals surface area contributed by atoms with Crippen molar-refractivity contribution < 1.29 is 23.7 Å². The van der Waals surface area contributed by atoms with Gasteiger partial charge in [0, 0.05) is 22.8 Å². The highest BCUT2D eigenvalue weighted by molar-refractivity contribution is 6.10. The maximum atomic E-state index is 12.6. The molecule has 7 heteroatoms. The summed E-state index contributed by atoms with van der Waals surface area (Å²) in [6.07, 6.45) is 0.536. The number of ether oxygens (including phenoxy) is 4. The molecule has 4 aromatic rings. The largest absolute Gasteiger partial charge is 0.493 e. The van der Waals surface area contributed by atoms with Crippen LogP contribution in [-0.4, -0.2) is 61.9 Å². The molecule has 0 saturated carbocycles. The van der Waals surface area contributed by atoms with Gasteiger partial charge in [0.15, 0.2) is 11.5 Å². The second kappa shape index (κ2) is 10.1. The summed E-state index contributed by atoms with van der Waals surface area (Å²) in [5.41, 5.74) is 2.12. The predicted molar refractivity (Wildman–Crippen MR) is 131 cm³/mol. The molecular weight excluding hydrogens is 432 g/mol. The Morgan fingerprint density at radius 3 is 2.59 bits per heavy atom. The van der Waals surface area contributed by atoms with Gasteiger partial charge in [0.1, 0.15) is 25.6 Å². The quantitative estimate of drug-likeness (QED) is 0.422. The molecule has 1 N–H and O–H groups in total. The number of carbonyl (C=O) groups excluding carboxylic acids is 1. The number of methoxy groups -OCH3 is 1. The third-order valence-corrected chi connectivity index (χ3v) is 6.12. The van der Waals surface area contributed by atoms with E-state index in [0.717, 1.165) is 27.6 Å². The van der Waals surface area contributed by atoms with Crippen LogP contribution in [0.15, 0.2) is 66.7 Å². The highest BCUT2D eigenvalue weighted by atomic mass is 16.5. The van der Waals surface area contributed by atoms with E-state index >= 15 is 0 Å². The van der Waals surface area contributed by atoms with E-state index < -0.39 is 0 Å². The van der Waals surface area contributed by atoms with Crippen molar-refractivity contribution in [2.24, 2.45) is 0 Å². The number of rotatable bonds is 8. The molecule has 5 rings (SSSR count). The number of aromatic amines is 1. The Morgan fingerprint density at radius 1 is 0.941 bits per heavy atom. The number of para-hydroxylation sites is 3. The number of aromatic nitrogens is 1. The fraction of sp³-hybridized carbons (Fsp3) is 0.296. The Hall–Kier alpha value is -3.71. The van der Waals surface area contributed by atoms with Crippen LogP contribution >= 0.6 is 0 Å². The summed E-state index contributed by atoms with van der Waals surface area (Å²) in [4.78, 5) is 17.8. The predicted octanol–water partition coefficient (Wildman–Crippen LogP) is 4.41. The highest BCUT2D eigenvalue weighted by Crippen LogP contribution is 2.33. The zero-order valence-electron chi connectivity index (χ0n) is 19.2. The minimum absolute atomic E-state index is 0.0372. The van der Waals surface area contributed by atoms with Gasteiger partial charge in [-0.15, -0.1) is 0 Å². The van der Waals surface area contributed by atoms with Crippen molar-refractivity contribution >= 4 is 27.7 Å². The molecule has 1 fully saturated rings. The molecule has 1 amide bonds. The minimum Gasteiger partial charge on any atom is -0.493 e. The van der Waals surface area contributed by atoms with Crippen LogP contribution in [0, 0.1) is 0 Å². The van der Waals surface area contributed by atoms with Crippen LogP contribution in [0.4, 0.5) is 0 Å². The summed E-state index contributed by atoms with van der Waals surface area (Å²) in [6, 6.07) is 21.7. The van der Waals surface area contributed by atoms with Crippen LogP contribution in [0.5, 0.6) is 17.2 Å². The van der Waals surface area contributed by atoms with Crippen molar-refractivity contribution in [1.29, 1.82) is 0 Å². The van der Waals surface area contributed by atoms with Gasteiger partial charge in [-0.3, -0.25) is 4.79 Å². The van der Waals surface area contributed by atoms with E-state index in [2.05, 4.69) is 17.1 Å². The minimum atomic E-state index is -0.162. The molecule has 1 atom stereocenters. The van der Waals surface area contributed by atoms with E-state index in [-0.39, 0.29) is 18.6 Å². The molecule has 1 aromatic heterocycles. The van der Waals surface area contributed by atoms with Gasteiger partial charge in [0.25, 0.3) is 0 Å². The molecule has 2 heterocycles. The second-order valence-corrected chi connectivity index (χ2v) is 8.26. The molecule has 176 valence electrons. The van der Waals surface area contributed by atoms with E-state index in [4.69, 9.17) is 18.9 Å². The van der Waals surface area contributed by atoms with Crippen molar-refractivity contribution in [2.45, 2.75) is 12.5 Å². The monoisotopic (exact) mass is 460 g/mol. The van der Waals surface area contributed by atoms with Gasteiger partial charge in [0.2, 0.25) is 5.91 Å². The maximum Gasteiger partial charge on any atom is 0.248 e.